The first kappa shape index (κ1) is 39.8. The lowest BCUT2D eigenvalue weighted by Gasteiger charge is -2.37. The molecule has 0 radical (unpaired) electrons. The zero-order valence-corrected chi connectivity index (χ0v) is 37.0. The minimum atomic E-state index is -0.497. The highest BCUT2D eigenvalue weighted by Gasteiger charge is 2.38. The molecular formula is C65H46N2. The SMILES string of the molecule is c1ccc(-n2c3ccccc3c3ccc(N(c4ccc(-c5ccc(C(c6ccccc6)(c6ccccc6)c6ccccc6)cc5)cc4)c4ccc(-c5cccc6ccccc56)cc4)cc32)cc1. The van der Waals surface area contributed by atoms with E-state index in [0.29, 0.717) is 0 Å². The number of fused-ring (bicyclic) bond motifs is 4. The van der Waals surface area contributed by atoms with Crippen LogP contribution in [-0.2, 0) is 5.41 Å². The largest absolute Gasteiger partial charge is 0.310 e. The van der Waals surface area contributed by atoms with Gasteiger partial charge in [0, 0.05) is 33.5 Å². The van der Waals surface area contributed by atoms with E-state index in [2.05, 4.69) is 289 Å². The Hall–Kier alpha value is -8.72. The maximum absolute atomic E-state index is 2.39. The molecule has 0 aliphatic heterocycles. The zero-order chi connectivity index (χ0) is 44.6. The highest BCUT2D eigenvalue weighted by Crippen LogP contribution is 2.46. The normalized spacial score (nSPS) is 11.6. The highest BCUT2D eigenvalue weighted by molar-refractivity contribution is 6.10. The summed E-state index contributed by atoms with van der Waals surface area (Å²) >= 11 is 0. The molecule has 0 atom stereocenters. The van der Waals surface area contributed by atoms with Crippen LogP contribution in [0.2, 0.25) is 0 Å². The molecule has 0 fully saturated rings. The van der Waals surface area contributed by atoms with E-state index in [9.17, 15) is 0 Å². The fraction of sp³-hybridized carbons (Fsp3) is 0.0154. The number of anilines is 3. The second-order valence-electron chi connectivity index (χ2n) is 17.3. The lowest BCUT2D eigenvalue weighted by Crippen LogP contribution is -2.30. The van der Waals surface area contributed by atoms with Crippen LogP contribution in [0.15, 0.2) is 279 Å². The summed E-state index contributed by atoms with van der Waals surface area (Å²) in [6.45, 7) is 0. The Bertz CT molecular complexity index is 3530. The number of nitrogens with zero attached hydrogens (tertiary/aromatic N) is 2. The van der Waals surface area contributed by atoms with Crippen LogP contribution in [0.25, 0.3) is 60.5 Å². The van der Waals surface area contributed by atoms with E-state index in [0.717, 1.165) is 39.4 Å². The molecule has 2 nitrogen and oxygen atoms in total. The van der Waals surface area contributed by atoms with E-state index < -0.39 is 5.41 Å². The van der Waals surface area contributed by atoms with Crippen LogP contribution in [-0.4, -0.2) is 4.57 Å². The first-order valence-corrected chi connectivity index (χ1v) is 23.1. The van der Waals surface area contributed by atoms with Crippen molar-refractivity contribution >= 4 is 49.6 Å². The highest BCUT2D eigenvalue weighted by atomic mass is 15.1. The Labute approximate surface area is 391 Å². The maximum atomic E-state index is 2.39. The Morgan fingerprint density at radius 3 is 1.31 bits per heavy atom. The van der Waals surface area contributed by atoms with Gasteiger partial charge in [0.05, 0.1) is 16.4 Å². The van der Waals surface area contributed by atoms with Crippen molar-refractivity contribution in [3.05, 3.63) is 301 Å². The third-order valence-electron chi connectivity index (χ3n) is 13.6. The molecule has 11 aromatic carbocycles. The summed E-state index contributed by atoms with van der Waals surface area (Å²) in [5.41, 5.74) is 15.9. The molecule has 0 bridgehead atoms. The Morgan fingerprint density at radius 1 is 0.284 bits per heavy atom. The van der Waals surface area contributed by atoms with Gasteiger partial charge in [-0.05, 0) is 110 Å². The van der Waals surface area contributed by atoms with Gasteiger partial charge in [-0.1, -0.05) is 224 Å². The number of rotatable bonds is 10. The molecule has 0 aliphatic rings. The van der Waals surface area contributed by atoms with Gasteiger partial charge in [0.1, 0.15) is 0 Å². The molecule has 316 valence electrons. The summed E-state index contributed by atoms with van der Waals surface area (Å²) in [6, 6.07) is 102. The third kappa shape index (κ3) is 6.99. The number of hydrogen-bond donors (Lipinski definition) is 0. The van der Waals surface area contributed by atoms with Gasteiger partial charge in [0.15, 0.2) is 0 Å². The quantitative estimate of drug-likeness (QED) is 0.124. The molecule has 0 saturated carbocycles. The summed E-state index contributed by atoms with van der Waals surface area (Å²) in [5.74, 6) is 0. The predicted molar refractivity (Wildman–Crippen MR) is 282 cm³/mol. The minimum absolute atomic E-state index is 0.497. The summed E-state index contributed by atoms with van der Waals surface area (Å²) in [7, 11) is 0. The monoisotopic (exact) mass is 854 g/mol. The molecule has 0 spiro atoms. The van der Waals surface area contributed by atoms with Crippen molar-refractivity contribution in [2.75, 3.05) is 4.90 Å². The van der Waals surface area contributed by atoms with E-state index in [1.165, 1.54) is 60.4 Å². The standard InChI is InChI=1S/C65H46N2/c1-5-20-51(21-6-1)65(52-22-7-2-8-23-52,53-24-9-3-10-25-53)54-38-32-47(33-39-54)48-34-40-56(41-35-48)66(57-42-36-50(37-43-57)60-30-17-19-49-18-13-14-28-59(49)60)58-44-45-62-61-29-15-16-31-63(61)67(64(62)46-58)55-26-11-4-12-27-55/h1-46H. The van der Waals surface area contributed by atoms with Gasteiger partial charge in [-0.3, -0.25) is 0 Å². The third-order valence-corrected chi connectivity index (χ3v) is 13.6. The van der Waals surface area contributed by atoms with Gasteiger partial charge in [0.25, 0.3) is 0 Å². The molecule has 0 unspecified atom stereocenters. The van der Waals surface area contributed by atoms with E-state index in [-0.39, 0.29) is 0 Å². The Kier molecular flexibility index (Phi) is 10.1. The lowest BCUT2D eigenvalue weighted by molar-refractivity contribution is 0.745. The van der Waals surface area contributed by atoms with Crippen LogP contribution < -0.4 is 4.90 Å². The summed E-state index contributed by atoms with van der Waals surface area (Å²) in [6.07, 6.45) is 0. The molecule has 2 heteroatoms. The Morgan fingerprint density at radius 2 is 0.716 bits per heavy atom. The molecule has 0 amide bonds. The topological polar surface area (TPSA) is 8.17 Å². The van der Waals surface area contributed by atoms with Gasteiger partial charge >= 0.3 is 0 Å². The molecule has 67 heavy (non-hydrogen) atoms. The van der Waals surface area contributed by atoms with E-state index in [4.69, 9.17) is 0 Å². The van der Waals surface area contributed by atoms with Gasteiger partial charge < -0.3 is 9.47 Å². The average molecular weight is 855 g/mol. The van der Waals surface area contributed by atoms with Crippen LogP contribution >= 0.6 is 0 Å². The Balaban J connectivity index is 0.967. The fourth-order valence-corrected chi connectivity index (χ4v) is 10.4. The van der Waals surface area contributed by atoms with Gasteiger partial charge in [-0.2, -0.15) is 0 Å². The first-order valence-electron chi connectivity index (χ1n) is 23.1. The van der Waals surface area contributed by atoms with E-state index in [1.807, 2.05) is 0 Å². The molecule has 1 heterocycles. The summed E-state index contributed by atoms with van der Waals surface area (Å²) < 4.78 is 2.39. The molecule has 0 aliphatic carbocycles. The number of aromatic nitrogens is 1. The van der Waals surface area contributed by atoms with E-state index in [1.54, 1.807) is 0 Å². The minimum Gasteiger partial charge on any atom is -0.310 e. The van der Waals surface area contributed by atoms with Crippen molar-refractivity contribution in [3.63, 3.8) is 0 Å². The second-order valence-corrected chi connectivity index (χ2v) is 17.3. The fourth-order valence-electron chi connectivity index (χ4n) is 10.4. The molecular weight excluding hydrogens is 809 g/mol. The number of benzene rings is 11. The first-order chi connectivity index (χ1) is 33.2. The molecule has 1 aromatic heterocycles. The molecule has 12 aromatic rings. The van der Waals surface area contributed by atoms with E-state index >= 15 is 0 Å². The summed E-state index contributed by atoms with van der Waals surface area (Å²) in [5, 5.41) is 4.96. The van der Waals surface area contributed by atoms with Crippen LogP contribution in [0, 0.1) is 0 Å². The lowest BCUT2D eigenvalue weighted by atomic mass is 9.65. The van der Waals surface area contributed by atoms with Gasteiger partial charge in [-0.15, -0.1) is 0 Å². The van der Waals surface area contributed by atoms with Crippen LogP contribution in [0.4, 0.5) is 17.1 Å². The second kappa shape index (κ2) is 17.0. The van der Waals surface area contributed by atoms with Crippen molar-refractivity contribution in [2.24, 2.45) is 0 Å². The van der Waals surface area contributed by atoms with Crippen molar-refractivity contribution < 1.29 is 0 Å². The smallest absolute Gasteiger partial charge is 0.0701 e. The van der Waals surface area contributed by atoms with Crippen LogP contribution in [0.3, 0.4) is 0 Å². The van der Waals surface area contributed by atoms with Crippen molar-refractivity contribution in [2.45, 2.75) is 5.41 Å². The maximum Gasteiger partial charge on any atom is 0.0701 e. The molecule has 0 saturated heterocycles. The number of para-hydroxylation sites is 2. The zero-order valence-electron chi connectivity index (χ0n) is 37.0. The molecule has 0 N–H and O–H groups in total. The van der Waals surface area contributed by atoms with Crippen molar-refractivity contribution in [3.8, 4) is 27.9 Å². The number of hydrogen-bond acceptors (Lipinski definition) is 1. The average Bonchev–Trinajstić information content (AvgIpc) is 3.74. The predicted octanol–water partition coefficient (Wildman–Crippen LogP) is 17.1. The van der Waals surface area contributed by atoms with Gasteiger partial charge in [0.2, 0.25) is 0 Å². The van der Waals surface area contributed by atoms with Crippen molar-refractivity contribution in [1.29, 1.82) is 0 Å². The van der Waals surface area contributed by atoms with Crippen LogP contribution in [0.1, 0.15) is 22.3 Å². The van der Waals surface area contributed by atoms with Gasteiger partial charge in [-0.25, -0.2) is 0 Å². The van der Waals surface area contributed by atoms with Crippen LogP contribution in [0.5, 0.6) is 0 Å². The van der Waals surface area contributed by atoms with Crippen molar-refractivity contribution in [1.82, 2.24) is 4.57 Å². The molecule has 12 rings (SSSR count). The summed E-state index contributed by atoms with van der Waals surface area (Å²) in [4.78, 5) is 2.39.